The molecule has 4 heteroatoms. The average molecular weight is 377 g/mol. The summed E-state index contributed by atoms with van der Waals surface area (Å²) in [4.78, 5) is 5.03. The van der Waals surface area contributed by atoms with Crippen molar-refractivity contribution in [2.24, 2.45) is 0 Å². The molecule has 4 rings (SSSR count). The normalized spacial score (nSPS) is 25.2. The number of piperazine rings is 1. The first-order valence-corrected chi connectivity index (χ1v) is 10.1. The highest BCUT2D eigenvalue weighted by Gasteiger charge is 2.39. The number of rotatable bonds is 6. The predicted octanol–water partition coefficient (Wildman–Crippen LogP) is 2.56. The molecule has 2 aliphatic rings. The molecule has 0 aliphatic carbocycles. The second-order valence-corrected chi connectivity index (χ2v) is 7.87. The summed E-state index contributed by atoms with van der Waals surface area (Å²) in [6.45, 7) is 3.87. The minimum absolute atomic E-state index is 0.200. The SMILES string of the molecule is C#CCOc1ccccc1CN1C[C@@H]2C[C@@H](O)CN2C[C@H]1Cc1ccccc1. The van der Waals surface area contributed by atoms with Crippen LogP contribution in [0.2, 0.25) is 0 Å². The molecule has 0 aromatic heterocycles. The van der Waals surface area contributed by atoms with Gasteiger partial charge in [0.25, 0.3) is 0 Å². The lowest BCUT2D eigenvalue weighted by Gasteiger charge is -2.44. The Morgan fingerprint density at radius 3 is 2.64 bits per heavy atom. The monoisotopic (exact) mass is 376 g/mol. The van der Waals surface area contributed by atoms with E-state index in [1.165, 1.54) is 11.1 Å². The second kappa shape index (κ2) is 8.79. The van der Waals surface area contributed by atoms with Gasteiger partial charge in [-0.05, 0) is 24.5 Å². The van der Waals surface area contributed by atoms with Crippen molar-refractivity contribution >= 4 is 0 Å². The number of aliphatic hydroxyl groups excluding tert-OH is 1. The van der Waals surface area contributed by atoms with Crippen LogP contribution >= 0.6 is 0 Å². The smallest absolute Gasteiger partial charge is 0.148 e. The van der Waals surface area contributed by atoms with E-state index in [4.69, 9.17) is 11.2 Å². The standard InChI is InChI=1S/C24H28N2O2/c1-2-12-28-24-11-7-6-10-20(24)15-25-17-22-14-23(27)18-26(22)16-21(25)13-19-8-4-3-5-9-19/h1,3-11,21-23,27H,12-18H2/t21-,22+,23-/m1/s1. The molecule has 146 valence electrons. The molecule has 2 aliphatic heterocycles. The highest BCUT2D eigenvalue weighted by atomic mass is 16.5. The van der Waals surface area contributed by atoms with Gasteiger partial charge < -0.3 is 9.84 Å². The van der Waals surface area contributed by atoms with Gasteiger partial charge in [0.1, 0.15) is 12.4 Å². The zero-order chi connectivity index (χ0) is 19.3. The Kier molecular flexibility index (Phi) is 5.97. The van der Waals surface area contributed by atoms with Crippen LogP contribution in [0.4, 0.5) is 0 Å². The van der Waals surface area contributed by atoms with Gasteiger partial charge in [0.2, 0.25) is 0 Å². The largest absolute Gasteiger partial charge is 0.481 e. The van der Waals surface area contributed by atoms with E-state index in [0.29, 0.717) is 12.1 Å². The van der Waals surface area contributed by atoms with Crippen molar-refractivity contribution in [2.45, 2.75) is 37.6 Å². The third-order valence-corrected chi connectivity index (χ3v) is 5.88. The number of para-hydroxylation sites is 1. The van der Waals surface area contributed by atoms with Crippen LogP contribution in [-0.4, -0.2) is 59.3 Å². The van der Waals surface area contributed by atoms with Gasteiger partial charge in [-0.2, -0.15) is 0 Å². The van der Waals surface area contributed by atoms with E-state index in [1.54, 1.807) is 0 Å². The number of nitrogens with zero attached hydrogens (tertiary/aromatic N) is 2. The molecule has 4 nitrogen and oxygen atoms in total. The molecule has 0 spiro atoms. The molecule has 0 saturated carbocycles. The van der Waals surface area contributed by atoms with Gasteiger partial charge in [0, 0.05) is 43.8 Å². The number of hydrogen-bond acceptors (Lipinski definition) is 4. The van der Waals surface area contributed by atoms with E-state index in [0.717, 1.165) is 44.8 Å². The molecule has 2 aromatic rings. The first kappa shape index (κ1) is 19.0. The molecule has 28 heavy (non-hydrogen) atoms. The summed E-state index contributed by atoms with van der Waals surface area (Å²) in [5.74, 6) is 3.42. The Morgan fingerprint density at radius 2 is 1.82 bits per heavy atom. The van der Waals surface area contributed by atoms with Crippen LogP contribution in [0.3, 0.4) is 0 Å². The first-order valence-electron chi connectivity index (χ1n) is 10.1. The van der Waals surface area contributed by atoms with Crippen molar-refractivity contribution in [1.82, 2.24) is 9.80 Å². The summed E-state index contributed by atoms with van der Waals surface area (Å²) >= 11 is 0. The van der Waals surface area contributed by atoms with Crippen LogP contribution in [-0.2, 0) is 13.0 Å². The molecule has 2 heterocycles. The van der Waals surface area contributed by atoms with E-state index in [9.17, 15) is 5.11 Å². The molecule has 3 atom stereocenters. The van der Waals surface area contributed by atoms with Crippen molar-refractivity contribution < 1.29 is 9.84 Å². The molecule has 0 bridgehead atoms. The number of terminal acetylenes is 1. The van der Waals surface area contributed by atoms with Crippen molar-refractivity contribution in [2.75, 3.05) is 26.2 Å². The highest BCUT2D eigenvalue weighted by Crippen LogP contribution is 2.29. The predicted molar refractivity (Wildman–Crippen MR) is 111 cm³/mol. The molecule has 0 radical (unpaired) electrons. The molecule has 0 unspecified atom stereocenters. The van der Waals surface area contributed by atoms with Crippen LogP contribution in [0.5, 0.6) is 5.75 Å². The average Bonchev–Trinajstić information content (AvgIpc) is 3.07. The molecule has 1 N–H and O–H groups in total. The van der Waals surface area contributed by atoms with E-state index >= 15 is 0 Å². The van der Waals surface area contributed by atoms with Gasteiger partial charge in [0.05, 0.1) is 6.10 Å². The van der Waals surface area contributed by atoms with Crippen molar-refractivity contribution in [3.8, 4) is 18.1 Å². The number of ether oxygens (including phenoxy) is 1. The Balaban J connectivity index is 1.54. The zero-order valence-corrected chi connectivity index (χ0v) is 16.2. The van der Waals surface area contributed by atoms with Gasteiger partial charge in [-0.25, -0.2) is 0 Å². The Hall–Kier alpha value is -2.32. The number of fused-ring (bicyclic) bond motifs is 1. The fourth-order valence-electron chi connectivity index (χ4n) is 4.56. The van der Waals surface area contributed by atoms with Crippen LogP contribution in [0.15, 0.2) is 54.6 Å². The summed E-state index contributed by atoms with van der Waals surface area (Å²) in [7, 11) is 0. The van der Waals surface area contributed by atoms with Gasteiger partial charge in [0.15, 0.2) is 0 Å². The minimum atomic E-state index is -0.200. The molecular formula is C24H28N2O2. The lowest BCUT2D eigenvalue weighted by molar-refractivity contribution is 0.0440. The maximum atomic E-state index is 10.2. The summed E-state index contributed by atoms with van der Waals surface area (Å²) in [5, 5.41) is 10.2. The quantitative estimate of drug-likeness (QED) is 0.786. The molecule has 0 amide bonds. The van der Waals surface area contributed by atoms with E-state index in [2.05, 4.69) is 58.2 Å². The van der Waals surface area contributed by atoms with Gasteiger partial charge >= 0.3 is 0 Å². The molecule has 2 fully saturated rings. The van der Waals surface area contributed by atoms with Crippen LogP contribution < -0.4 is 4.74 Å². The first-order chi connectivity index (χ1) is 13.7. The minimum Gasteiger partial charge on any atom is -0.481 e. The van der Waals surface area contributed by atoms with E-state index in [-0.39, 0.29) is 12.7 Å². The van der Waals surface area contributed by atoms with Gasteiger partial charge in [-0.15, -0.1) is 6.42 Å². The fourth-order valence-corrected chi connectivity index (χ4v) is 4.56. The van der Waals surface area contributed by atoms with Crippen molar-refractivity contribution in [3.05, 3.63) is 65.7 Å². The van der Waals surface area contributed by atoms with Crippen LogP contribution in [0.25, 0.3) is 0 Å². The van der Waals surface area contributed by atoms with E-state index < -0.39 is 0 Å². The maximum absolute atomic E-state index is 10.2. The van der Waals surface area contributed by atoms with Crippen LogP contribution in [0.1, 0.15) is 17.5 Å². The maximum Gasteiger partial charge on any atom is 0.148 e. The summed E-state index contributed by atoms with van der Waals surface area (Å²) < 4.78 is 5.77. The molecular weight excluding hydrogens is 348 g/mol. The Labute approximate surface area is 167 Å². The number of benzene rings is 2. The van der Waals surface area contributed by atoms with Gasteiger partial charge in [-0.1, -0.05) is 54.5 Å². The van der Waals surface area contributed by atoms with E-state index in [1.807, 2.05) is 12.1 Å². The lowest BCUT2D eigenvalue weighted by Crippen LogP contribution is -2.56. The fraction of sp³-hybridized carbons (Fsp3) is 0.417. The lowest BCUT2D eigenvalue weighted by atomic mass is 9.99. The third kappa shape index (κ3) is 4.39. The number of hydrogen-bond donors (Lipinski definition) is 1. The zero-order valence-electron chi connectivity index (χ0n) is 16.2. The van der Waals surface area contributed by atoms with Crippen molar-refractivity contribution in [3.63, 3.8) is 0 Å². The van der Waals surface area contributed by atoms with Crippen molar-refractivity contribution in [1.29, 1.82) is 0 Å². The van der Waals surface area contributed by atoms with Gasteiger partial charge in [-0.3, -0.25) is 9.80 Å². The Morgan fingerprint density at radius 1 is 1.04 bits per heavy atom. The molecule has 2 saturated heterocycles. The number of aliphatic hydroxyl groups is 1. The second-order valence-electron chi connectivity index (χ2n) is 7.87. The summed E-state index contributed by atoms with van der Waals surface area (Å²) in [6.07, 6.45) is 7.05. The molecule has 2 aromatic carbocycles. The topological polar surface area (TPSA) is 35.9 Å². The summed E-state index contributed by atoms with van der Waals surface area (Å²) in [6, 6.07) is 19.7. The van der Waals surface area contributed by atoms with Crippen LogP contribution in [0, 0.1) is 12.3 Å². The highest BCUT2D eigenvalue weighted by molar-refractivity contribution is 5.34. The third-order valence-electron chi connectivity index (χ3n) is 5.88. The summed E-state index contributed by atoms with van der Waals surface area (Å²) in [5.41, 5.74) is 2.52. The Bertz CT molecular complexity index is 817.